The molecule has 0 radical (unpaired) electrons. The van der Waals surface area contributed by atoms with Gasteiger partial charge in [-0.15, -0.1) is 0 Å². The van der Waals surface area contributed by atoms with Crippen LogP contribution in [-0.4, -0.2) is 36.6 Å². The Balaban J connectivity index is 2.33. The first-order valence-corrected chi connectivity index (χ1v) is 9.09. The van der Waals surface area contributed by atoms with E-state index in [4.69, 9.17) is 18.9 Å². The first-order chi connectivity index (χ1) is 12.6. The summed E-state index contributed by atoms with van der Waals surface area (Å²) >= 11 is 0. The summed E-state index contributed by atoms with van der Waals surface area (Å²) in [6.45, 7) is 0. The summed E-state index contributed by atoms with van der Waals surface area (Å²) in [5.41, 5.74) is -1.15. The Morgan fingerprint density at radius 3 is 2.30 bits per heavy atom. The molecule has 3 rings (SSSR count). The van der Waals surface area contributed by atoms with Crippen LogP contribution in [0.1, 0.15) is 0 Å². The van der Waals surface area contributed by atoms with Crippen molar-refractivity contribution in [3.05, 3.63) is 40.6 Å². The number of fused-ring (bicyclic) bond motifs is 1. The summed E-state index contributed by atoms with van der Waals surface area (Å²) in [7, 11) is -4.65. The van der Waals surface area contributed by atoms with Crippen LogP contribution in [0.25, 0.3) is 22.3 Å². The predicted octanol–water partition coefficient (Wildman–Crippen LogP) is 1.80. The highest BCUT2D eigenvalue weighted by molar-refractivity contribution is 7.51. The largest absolute Gasteiger partial charge is 0.508 e. The van der Waals surface area contributed by atoms with Gasteiger partial charge in [-0.2, -0.15) is 0 Å². The Morgan fingerprint density at radius 1 is 0.963 bits per heavy atom. The lowest BCUT2D eigenvalue weighted by Gasteiger charge is -2.13. The summed E-state index contributed by atoms with van der Waals surface area (Å²) < 4.78 is 21.6. The average Bonchev–Trinajstić information content (AvgIpc) is 2.54. The topological polar surface area (TPSA) is 178 Å². The Morgan fingerprint density at radius 2 is 1.67 bits per heavy atom. The van der Waals surface area contributed by atoms with E-state index < -0.39 is 48.1 Å². The predicted molar refractivity (Wildman–Crippen MR) is 92.1 cm³/mol. The number of aromatic hydroxyl groups is 4. The fraction of sp³-hybridized carbons (Fsp3) is 0.0625. The lowest BCUT2D eigenvalue weighted by atomic mass is 10.1. The molecule has 0 spiro atoms. The molecule has 10 nitrogen and oxygen atoms in total. The van der Waals surface area contributed by atoms with Crippen LogP contribution in [0, 0.1) is 0 Å². The summed E-state index contributed by atoms with van der Waals surface area (Å²) in [5.74, 6) is -2.98. The smallest absolute Gasteiger partial charge is 0.362 e. The molecule has 0 aliphatic heterocycles. The number of hydrogen-bond donors (Lipinski definition) is 6. The van der Waals surface area contributed by atoms with Gasteiger partial charge in [-0.1, -0.05) is 0 Å². The number of ether oxygens (including phenoxy) is 1. The minimum Gasteiger partial charge on any atom is -0.508 e. The Kier molecular flexibility index (Phi) is 4.48. The van der Waals surface area contributed by atoms with Crippen molar-refractivity contribution in [2.75, 3.05) is 6.35 Å². The van der Waals surface area contributed by atoms with Gasteiger partial charge in [-0.05, 0) is 18.2 Å². The molecule has 0 bridgehead atoms. The van der Waals surface area contributed by atoms with E-state index in [1.807, 2.05) is 0 Å². The minimum atomic E-state index is -4.65. The molecular formula is C16H13O10P. The highest BCUT2D eigenvalue weighted by Gasteiger charge is 2.24. The van der Waals surface area contributed by atoms with Crippen molar-refractivity contribution >= 4 is 18.6 Å². The number of phenols is 4. The molecule has 1 aromatic heterocycles. The third-order valence-corrected chi connectivity index (χ3v) is 4.00. The maximum Gasteiger partial charge on any atom is 0.362 e. The molecule has 27 heavy (non-hydrogen) atoms. The molecule has 0 saturated heterocycles. The van der Waals surface area contributed by atoms with Gasteiger partial charge in [-0.3, -0.25) is 9.36 Å². The third kappa shape index (κ3) is 3.68. The van der Waals surface area contributed by atoms with Crippen LogP contribution in [-0.2, 0) is 4.57 Å². The van der Waals surface area contributed by atoms with E-state index in [2.05, 4.69) is 0 Å². The summed E-state index contributed by atoms with van der Waals surface area (Å²) in [4.78, 5) is 30.8. The van der Waals surface area contributed by atoms with Gasteiger partial charge in [0.1, 0.15) is 22.5 Å². The highest BCUT2D eigenvalue weighted by Crippen LogP contribution is 2.40. The quantitative estimate of drug-likeness (QED) is 0.281. The molecular weight excluding hydrogens is 383 g/mol. The number of phenolic OH excluding ortho intramolecular Hbond substituents is 4. The molecule has 0 fully saturated rings. The van der Waals surface area contributed by atoms with E-state index >= 15 is 0 Å². The van der Waals surface area contributed by atoms with Gasteiger partial charge in [0.05, 0.1) is 0 Å². The van der Waals surface area contributed by atoms with Crippen molar-refractivity contribution in [3.63, 3.8) is 0 Å². The molecule has 0 unspecified atom stereocenters. The molecule has 0 saturated carbocycles. The zero-order valence-electron chi connectivity index (χ0n) is 13.4. The van der Waals surface area contributed by atoms with Crippen LogP contribution in [0.5, 0.6) is 28.7 Å². The van der Waals surface area contributed by atoms with Crippen LogP contribution in [0.3, 0.4) is 0 Å². The van der Waals surface area contributed by atoms with Crippen molar-refractivity contribution in [1.82, 2.24) is 0 Å². The summed E-state index contributed by atoms with van der Waals surface area (Å²) in [5, 5.41) is 38.2. The average molecular weight is 396 g/mol. The van der Waals surface area contributed by atoms with Crippen molar-refractivity contribution in [2.24, 2.45) is 0 Å². The van der Waals surface area contributed by atoms with Crippen molar-refractivity contribution < 1.29 is 43.9 Å². The molecule has 2 aromatic carbocycles. The maximum atomic E-state index is 12.7. The fourth-order valence-electron chi connectivity index (χ4n) is 2.40. The molecule has 0 atom stereocenters. The van der Waals surface area contributed by atoms with Crippen LogP contribution >= 0.6 is 7.60 Å². The zero-order chi connectivity index (χ0) is 19.9. The molecule has 6 N–H and O–H groups in total. The van der Waals surface area contributed by atoms with Crippen molar-refractivity contribution in [2.45, 2.75) is 0 Å². The van der Waals surface area contributed by atoms with E-state index in [1.165, 1.54) is 6.07 Å². The van der Waals surface area contributed by atoms with E-state index in [-0.39, 0.29) is 22.3 Å². The van der Waals surface area contributed by atoms with E-state index in [0.29, 0.717) is 0 Å². The first-order valence-electron chi connectivity index (χ1n) is 7.29. The molecule has 11 heteroatoms. The zero-order valence-corrected chi connectivity index (χ0v) is 14.3. The minimum absolute atomic E-state index is 0.0350. The van der Waals surface area contributed by atoms with Gasteiger partial charge in [-0.25, -0.2) is 0 Å². The second-order valence-corrected chi connectivity index (χ2v) is 7.16. The number of benzene rings is 2. The van der Waals surface area contributed by atoms with Gasteiger partial charge < -0.3 is 39.4 Å². The SMILES string of the molecule is O=c1c(OCP(=O)(O)O)c(-c2ccc(O)c(O)c2)oc2cc(O)cc(O)c12. The number of hydrogen-bond acceptors (Lipinski definition) is 8. The molecule has 0 aliphatic carbocycles. The lowest BCUT2D eigenvalue weighted by Crippen LogP contribution is -2.11. The lowest BCUT2D eigenvalue weighted by molar-refractivity contribution is 0.296. The van der Waals surface area contributed by atoms with Gasteiger partial charge in [0.15, 0.2) is 23.6 Å². The van der Waals surface area contributed by atoms with E-state index in [0.717, 1.165) is 24.3 Å². The number of rotatable bonds is 4. The van der Waals surface area contributed by atoms with Gasteiger partial charge >= 0.3 is 7.60 Å². The first kappa shape index (κ1) is 18.6. The normalized spacial score (nSPS) is 11.6. The molecule has 142 valence electrons. The second kappa shape index (κ2) is 6.51. The molecule has 3 aromatic rings. The van der Waals surface area contributed by atoms with Gasteiger partial charge in [0.2, 0.25) is 11.2 Å². The summed E-state index contributed by atoms with van der Waals surface area (Å²) in [6, 6.07) is 5.32. The van der Waals surface area contributed by atoms with E-state index in [9.17, 15) is 29.8 Å². The standard InChI is InChI=1S/C16H13O10P/c17-8-4-11(20)13-12(5-8)26-15(7-1-2-9(18)10(19)3-7)16(14(13)21)25-6-27(22,23)24/h1-5,17-20H,6H2,(H2,22,23,24). The third-order valence-electron chi connectivity index (χ3n) is 3.53. The second-order valence-electron chi connectivity index (χ2n) is 5.57. The van der Waals surface area contributed by atoms with Crippen LogP contribution in [0.2, 0.25) is 0 Å². The van der Waals surface area contributed by atoms with E-state index in [1.54, 1.807) is 0 Å². The molecule has 1 heterocycles. The Hall–Kier alpha value is -3.20. The Bertz CT molecular complexity index is 1140. The van der Waals surface area contributed by atoms with Gasteiger partial charge in [0.25, 0.3) is 0 Å². The Labute approximate surface area is 150 Å². The highest BCUT2D eigenvalue weighted by atomic mass is 31.2. The summed E-state index contributed by atoms with van der Waals surface area (Å²) in [6.07, 6.45) is -1.14. The maximum absolute atomic E-state index is 12.7. The molecule has 0 amide bonds. The van der Waals surface area contributed by atoms with Crippen LogP contribution in [0.15, 0.2) is 39.5 Å². The van der Waals surface area contributed by atoms with Crippen LogP contribution in [0.4, 0.5) is 0 Å². The molecule has 0 aliphatic rings. The van der Waals surface area contributed by atoms with Crippen molar-refractivity contribution in [3.8, 4) is 40.1 Å². The monoisotopic (exact) mass is 396 g/mol. The van der Waals surface area contributed by atoms with Gasteiger partial charge in [0, 0.05) is 17.7 Å². The van der Waals surface area contributed by atoms with Crippen LogP contribution < -0.4 is 10.2 Å². The fourth-order valence-corrected chi connectivity index (χ4v) is 2.70. The van der Waals surface area contributed by atoms with Crippen molar-refractivity contribution in [1.29, 1.82) is 0 Å².